The first-order chi connectivity index (χ1) is 11.1. The van der Waals surface area contributed by atoms with Crippen LogP contribution in [0.1, 0.15) is 56.1 Å². The Labute approximate surface area is 137 Å². The lowest BCUT2D eigenvalue weighted by atomic mass is 9.89. The Morgan fingerprint density at radius 1 is 1.04 bits per heavy atom. The molecule has 1 heterocycles. The van der Waals surface area contributed by atoms with Gasteiger partial charge in [0.25, 0.3) is 0 Å². The summed E-state index contributed by atoms with van der Waals surface area (Å²) in [5.41, 5.74) is 2.35. The predicted octanol–water partition coefficient (Wildman–Crippen LogP) is 3.39. The zero-order valence-electron chi connectivity index (χ0n) is 13.5. The molecule has 124 valence electrons. The molecular weight excluding hydrogens is 290 g/mol. The molecule has 1 saturated carbocycles. The molecule has 1 aromatic carbocycles. The zero-order chi connectivity index (χ0) is 16.2. The maximum Gasteiger partial charge on any atom is 0.305 e. The van der Waals surface area contributed by atoms with Gasteiger partial charge in [0, 0.05) is 18.5 Å². The van der Waals surface area contributed by atoms with Crippen LogP contribution < -0.4 is 0 Å². The van der Waals surface area contributed by atoms with E-state index < -0.39 is 5.97 Å². The van der Waals surface area contributed by atoms with Gasteiger partial charge in [-0.25, -0.2) is 0 Å². The van der Waals surface area contributed by atoms with Gasteiger partial charge in [0.05, 0.1) is 6.42 Å². The maximum atomic E-state index is 13.0. The highest BCUT2D eigenvalue weighted by Crippen LogP contribution is 2.30. The molecule has 0 aromatic heterocycles. The van der Waals surface area contributed by atoms with Gasteiger partial charge in [-0.3, -0.25) is 9.59 Å². The number of nitrogens with zero attached hydrogens (tertiary/aromatic N) is 1. The molecule has 23 heavy (non-hydrogen) atoms. The summed E-state index contributed by atoms with van der Waals surface area (Å²) in [4.78, 5) is 26.1. The molecule has 1 aromatic rings. The number of carbonyl (C=O) groups is 2. The van der Waals surface area contributed by atoms with Crippen molar-refractivity contribution >= 4 is 11.9 Å². The smallest absolute Gasteiger partial charge is 0.305 e. The Balaban J connectivity index is 1.81. The first-order valence-electron chi connectivity index (χ1n) is 8.74. The van der Waals surface area contributed by atoms with Crippen LogP contribution >= 0.6 is 0 Å². The fraction of sp³-hybridized carbons (Fsp3) is 0.579. The molecule has 0 radical (unpaired) electrons. The fourth-order valence-corrected chi connectivity index (χ4v) is 3.99. The van der Waals surface area contributed by atoms with E-state index in [1.165, 1.54) is 18.4 Å². The van der Waals surface area contributed by atoms with Crippen molar-refractivity contribution in [3.63, 3.8) is 0 Å². The molecule has 2 aliphatic rings. The van der Waals surface area contributed by atoms with Gasteiger partial charge in [0.2, 0.25) is 5.91 Å². The van der Waals surface area contributed by atoms with E-state index in [2.05, 4.69) is 12.1 Å². The van der Waals surface area contributed by atoms with Gasteiger partial charge in [0.1, 0.15) is 0 Å². The van der Waals surface area contributed by atoms with E-state index in [1.807, 2.05) is 17.0 Å². The van der Waals surface area contributed by atoms with Crippen LogP contribution in [0.3, 0.4) is 0 Å². The van der Waals surface area contributed by atoms with Crippen LogP contribution in [0.4, 0.5) is 0 Å². The van der Waals surface area contributed by atoms with E-state index in [9.17, 15) is 14.7 Å². The summed E-state index contributed by atoms with van der Waals surface area (Å²) in [6, 6.07) is 7.87. The first kappa shape index (κ1) is 16.0. The van der Waals surface area contributed by atoms with Crippen LogP contribution in [0.2, 0.25) is 0 Å². The summed E-state index contributed by atoms with van der Waals surface area (Å²) in [5.74, 6) is -0.570. The molecule has 0 bridgehead atoms. The average molecular weight is 315 g/mol. The van der Waals surface area contributed by atoms with Crippen molar-refractivity contribution < 1.29 is 14.7 Å². The lowest BCUT2D eigenvalue weighted by Gasteiger charge is -2.38. The van der Waals surface area contributed by atoms with Gasteiger partial charge in [0.15, 0.2) is 0 Å². The quantitative estimate of drug-likeness (QED) is 0.870. The second-order valence-electron chi connectivity index (χ2n) is 6.88. The third kappa shape index (κ3) is 3.74. The summed E-state index contributed by atoms with van der Waals surface area (Å²) < 4.78 is 0. The molecule has 1 N–H and O–H groups in total. The number of benzene rings is 1. The highest BCUT2D eigenvalue weighted by Gasteiger charge is 2.34. The number of hydrogen-bond acceptors (Lipinski definition) is 2. The van der Waals surface area contributed by atoms with Gasteiger partial charge < -0.3 is 10.0 Å². The Morgan fingerprint density at radius 2 is 1.70 bits per heavy atom. The van der Waals surface area contributed by atoms with Crippen molar-refractivity contribution in [1.29, 1.82) is 0 Å². The number of aliphatic carboxylic acids is 1. The molecule has 1 fully saturated rings. The van der Waals surface area contributed by atoms with Crippen molar-refractivity contribution in [3.8, 4) is 0 Å². The highest BCUT2D eigenvalue weighted by molar-refractivity contribution is 5.80. The second kappa shape index (κ2) is 7.16. The fourth-order valence-electron chi connectivity index (χ4n) is 3.99. The van der Waals surface area contributed by atoms with Gasteiger partial charge in [-0.15, -0.1) is 0 Å². The number of carboxylic acid groups (broad SMARTS) is 1. The number of fused-ring (bicyclic) bond motifs is 1. The van der Waals surface area contributed by atoms with Crippen LogP contribution in [-0.4, -0.2) is 27.9 Å². The molecule has 0 unspecified atom stereocenters. The van der Waals surface area contributed by atoms with Crippen molar-refractivity contribution in [2.24, 2.45) is 5.92 Å². The molecule has 3 rings (SSSR count). The topological polar surface area (TPSA) is 57.6 Å². The Bertz CT molecular complexity index is 576. The molecule has 1 atom stereocenters. The van der Waals surface area contributed by atoms with Crippen molar-refractivity contribution in [2.75, 3.05) is 0 Å². The summed E-state index contributed by atoms with van der Waals surface area (Å²) in [6.07, 6.45) is 7.26. The predicted molar refractivity (Wildman–Crippen MR) is 87.9 cm³/mol. The third-order valence-corrected chi connectivity index (χ3v) is 5.25. The standard InChI is InChI=1S/C19H25NO3/c21-18(22)12-17-11-15-9-5-6-10-16(15)13-20(17)19(23)14-7-3-1-2-4-8-14/h5-6,9-10,14,17H,1-4,7-8,11-13H2,(H,21,22)/t17-/m0/s1. The molecule has 4 nitrogen and oxygen atoms in total. The monoisotopic (exact) mass is 315 g/mol. The van der Waals surface area contributed by atoms with Gasteiger partial charge >= 0.3 is 5.97 Å². The summed E-state index contributed by atoms with van der Waals surface area (Å²) in [6.45, 7) is 0.559. The summed E-state index contributed by atoms with van der Waals surface area (Å²) in [5, 5.41) is 9.23. The molecule has 1 amide bonds. The van der Waals surface area contributed by atoms with Crippen LogP contribution in [0.5, 0.6) is 0 Å². The molecule has 0 saturated heterocycles. The molecule has 0 spiro atoms. The summed E-state index contributed by atoms with van der Waals surface area (Å²) in [7, 11) is 0. The number of hydrogen-bond donors (Lipinski definition) is 1. The number of carboxylic acids is 1. The minimum Gasteiger partial charge on any atom is -0.481 e. The van der Waals surface area contributed by atoms with Gasteiger partial charge in [-0.05, 0) is 30.4 Å². The lowest BCUT2D eigenvalue weighted by Crippen LogP contribution is -2.47. The third-order valence-electron chi connectivity index (χ3n) is 5.25. The molecule has 1 aliphatic heterocycles. The Hall–Kier alpha value is -1.84. The van der Waals surface area contributed by atoms with E-state index in [0.717, 1.165) is 31.2 Å². The van der Waals surface area contributed by atoms with Crippen molar-refractivity contribution in [1.82, 2.24) is 4.90 Å². The molecular formula is C19H25NO3. The maximum absolute atomic E-state index is 13.0. The molecule has 4 heteroatoms. The van der Waals surface area contributed by atoms with Crippen LogP contribution in [0, 0.1) is 5.92 Å². The van der Waals surface area contributed by atoms with E-state index in [-0.39, 0.29) is 24.3 Å². The molecule has 1 aliphatic carbocycles. The minimum absolute atomic E-state index is 0.0345. The van der Waals surface area contributed by atoms with Gasteiger partial charge in [-0.2, -0.15) is 0 Å². The largest absolute Gasteiger partial charge is 0.481 e. The van der Waals surface area contributed by atoms with E-state index >= 15 is 0 Å². The van der Waals surface area contributed by atoms with E-state index in [0.29, 0.717) is 13.0 Å². The van der Waals surface area contributed by atoms with Crippen molar-refractivity contribution in [3.05, 3.63) is 35.4 Å². The summed E-state index contributed by atoms with van der Waals surface area (Å²) >= 11 is 0. The van der Waals surface area contributed by atoms with Crippen LogP contribution in [0.25, 0.3) is 0 Å². The number of rotatable bonds is 3. The zero-order valence-corrected chi connectivity index (χ0v) is 13.5. The van der Waals surface area contributed by atoms with Crippen LogP contribution in [0.15, 0.2) is 24.3 Å². The SMILES string of the molecule is O=C(O)C[C@@H]1Cc2ccccc2CN1C(=O)C1CCCCCC1. The number of carbonyl (C=O) groups excluding carboxylic acids is 1. The Kier molecular flexibility index (Phi) is 4.99. The normalized spacial score (nSPS) is 22.3. The van der Waals surface area contributed by atoms with E-state index in [1.54, 1.807) is 0 Å². The second-order valence-corrected chi connectivity index (χ2v) is 6.88. The van der Waals surface area contributed by atoms with Gasteiger partial charge in [-0.1, -0.05) is 49.9 Å². The van der Waals surface area contributed by atoms with Crippen molar-refractivity contribution in [2.45, 2.75) is 64.0 Å². The van der Waals surface area contributed by atoms with E-state index in [4.69, 9.17) is 0 Å². The highest BCUT2D eigenvalue weighted by atomic mass is 16.4. The lowest BCUT2D eigenvalue weighted by molar-refractivity contribution is -0.144. The first-order valence-corrected chi connectivity index (χ1v) is 8.74. The van der Waals surface area contributed by atoms with Crippen LogP contribution in [-0.2, 0) is 22.6 Å². The average Bonchev–Trinajstić information content (AvgIpc) is 2.82. The Morgan fingerprint density at radius 3 is 2.35 bits per heavy atom. The number of amides is 1. The minimum atomic E-state index is -0.826.